The fourth-order valence-electron chi connectivity index (χ4n) is 1.67. The number of carbonyl (C=O) groups excluding carboxylic acids is 1. The molecule has 0 aliphatic heterocycles. The number of hydrogen-bond donors (Lipinski definition) is 0. The van der Waals surface area contributed by atoms with Crippen molar-refractivity contribution in [1.82, 2.24) is 0 Å². The van der Waals surface area contributed by atoms with Crippen LogP contribution in [0.3, 0.4) is 0 Å². The normalized spacial score (nSPS) is 10.5. The Hall–Kier alpha value is -2.75. The maximum atomic E-state index is 12.0. The van der Waals surface area contributed by atoms with E-state index >= 15 is 0 Å². The summed E-state index contributed by atoms with van der Waals surface area (Å²) in [6, 6.07) is 15.2. The molecular formula is C15H11NO3. The molecule has 0 heterocycles. The Balaban J connectivity index is 2.26. The molecule has 0 amide bonds. The van der Waals surface area contributed by atoms with Gasteiger partial charge in [-0.05, 0) is 17.7 Å². The molecule has 0 aromatic heterocycles. The minimum absolute atomic E-state index is 0.0969. The number of ketones is 1. The van der Waals surface area contributed by atoms with Crippen LogP contribution in [0, 0.1) is 10.1 Å². The highest BCUT2D eigenvalue weighted by Crippen LogP contribution is 2.18. The number of nitrogens with zero attached hydrogens (tertiary/aromatic N) is 1. The second-order valence-electron chi connectivity index (χ2n) is 3.88. The van der Waals surface area contributed by atoms with E-state index in [9.17, 15) is 14.9 Å². The molecule has 0 N–H and O–H groups in total. The quantitative estimate of drug-likeness (QED) is 0.362. The van der Waals surface area contributed by atoms with Crippen LogP contribution >= 0.6 is 0 Å². The van der Waals surface area contributed by atoms with E-state index in [1.165, 1.54) is 24.3 Å². The summed E-state index contributed by atoms with van der Waals surface area (Å²) < 4.78 is 0. The molecule has 0 atom stereocenters. The molecule has 4 heteroatoms. The van der Waals surface area contributed by atoms with Crippen LogP contribution in [0.1, 0.15) is 15.9 Å². The monoisotopic (exact) mass is 253 g/mol. The number of nitro groups is 1. The zero-order valence-electron chi connectivity index (χ0n) is 10.0. The highest BCUT2D eigenvalue weighted by molar-refractivity contribution is 6.09. The van der Waals surface area contributed by atoms with Gasteiger partial charge in [0, 0.05) is 6.07 Å². The van der Waals surface area contributed by atoms with Crippen LogP contribution in [0.15, 0.2) is 60.7 Å². The van der Waals surface area contributed by atoms with Crippen molar-refractivity contribution >= 4 is 17.5 Å². The zero-order chi connectivity index (χ0) is 13.7. The third kappa shape index (κ3) is 3.13. The molecule has 2 aromatic rings. The number of hydrogen-bond acceptors (Lipinski definition) is 3. The highest BCUT2D eigenvalue weighted by Gasteiger charge is 2.16. The van der Waals surface area contributed by atoms with Gasteiger partial charge in [-0.15, -0.1) is 0 Å². The fourth-order valence-corrected chi connectivity index (χ4v) is 1.67. The third-order valence-electron chi connectivity index (χ3n) is 2.59. The number of para-hydroxylation sites is 1. The molecule has 0 saturated carbocycles. The molecule has 4 nitrogen and oxygen atoms in total. The van der Waals surface area contributed by atoms with E-state index in [4.69, 9.17) is 0 Å². The van der Waals surface area contributed by atoms with Gasteiger partial charge < -0.3 is 0 Å². The molecule has 0 fully saturated rings. The molecule has 0 radical (unpaired) electrons. The second kappa shape index (κ2) is 5.73. The topological polar surface area (TPSA) is 60.2 Å². The SMILES string of the molecule is O=C(/C=C/c1ccccc1)c1ccccc1[N+](=O)[O-]. The summed E-state index contributed by atoms with van der Waals surface area (Å²) in [6.07, 6.45) is 2.98. The van der Waals surface area contributed by atoms with Gasteiger partial charge >= 0.3 is 0 Å². The molecule has 94 valence electrons. The Morgan fingerprint density at radius 1 is 1.00 bits per heavy atom. The van der Waals surface area contributed by atoms with Crippen LogP contribution in [0.5, 0.6) is 0 Å². The van der Waals surface area contributed by atoms with Gasteiger partial charge in [-0.3, -0.25) is 14.9 Å². The van der Waals surface area contributed by atoms with E-state index in [0.717, 1.165) is 5.56 Å². The number of allylic oxidation sites excluding steroid dienone is 1. The van der Waals surface area contributed by atoms with Crippen LogP contribution in [-0.4, -0.2) is 10.7 Å². The lowest BCUT2D eigenvalue weighted by atomic mass is 10.1. The van der Waals surface area contributed by atoms with Crippen molar-refractivity contribution in [2.45, 2.75) is 0 Å². The molecule has 0 saturated heterocycles. The van der Waals surface area contributed by atoms with Gasteiger partial charge in [0.05, 0.1) is 10.5 Å². The molecule has 0 spiro atoms. The molecule has 19 heavy (non-hydrogen) atoms. The van der Waals surface area contributed by atoms with Gasteiger partial charge in [-0.25, -0.2) is 0 Å². The van der Waals surface area contributed by atoms with E-state index in [0.29, 0.717) is 0 Å². The van der Waals surface area contributed by atoms with Gasteiger partial charge in [0.15, 0.2) is 5.78 Å². The summed E-state index contributed by atoms with van der Waals surface area (Å²) in [5.41, 5.74) is 0.791. The van der Waals surface area contributed by atoms with E-state index in [-0.39, 0.29) is 17.0 Å². The number of nitro benzene ring substituents is 1. The fraction of sp³-hybridized carbons (Fsp3) is 0. The van der Waals surface area contributed by atoms with Crippen LogP contribution in [0.2, 0.25) is 0 Å². The lowest BCUT2D eigenvalue weighted by Crippen LogP contribution is -2.00. The maximum Gasteiger partial charge on any atom is 0.280 e. The van der Waals surface area contributed by atoms with Crippen molar-refractivity contribution in [2.24, 2.45) is 0 Å². The van der Waals surface area contributed by atoms with Crippen molar-refractivity contribution in [3.63, 3.8) is 0 Å². The molecule has 0 unspecified atom stereocenters. The Morgan fingerprint density at radius 2 is 1.63 bits per heavy atom. The number of rotatable bonds is 4. The van der Waals surface area contributed by atoms with E-state index in [1.54, 1.807) is 12.1 Å². The lowest BCUT2D eigenvalue weighted by Gasteiger charge is -1.98. The first-order valence-corrected chi connectivity index (χ1v) is 5.69. The van der Waals surface area contributed by atoms with Gasteiger partial charge in [-0.2, -0.15) is 0 Å². The van der Waals surface area contributed by atoms with Gasteiger partial charge in [0.2, 0.25) is 0 Å². The van der Waals surface area contributed by atoms with E-state index in [1.807, 2.05) is 30.3 Å². The minimum atomic E-state index is -0.552. The Kier molecular flexibility index (Phi) is 3.83. The van der Waals surface area contributed by atoms with Gasteiger partial charge in [0.25, 0.3) is 5.69 Å². The first-order valence-electron chi connectivity index (χ1n) is 5.69. The predicted molar refractivity (Wildman–Crippen MR) is 72.9 cm³/mol. The summed E-state index contributed by atoms with van der Waals surface area (Å²) in [5.74, 6) is -0.379. The predicted octanol–water partition coefficient (Wildman–Crippen LogP) is 3.49. The first kappa shape index (κ1) is 12.7. The zero-order valence-corrected chi connectivity index (χ0v) is 10.0. The summed E-state index contributed by atoms with van der Waals surface area (Å²) in [7, 11) is 0. The van der Waals surface area contributed by atoms with Crippen LogP contribution in [0.25, 0.3) is 6.08 Å². The van der Waals surface area contributed by atoms with Crippen LogP contribution in [0.4, 0.5) is 5.69 Å². The third-order valence-corrected chi connectivity index (χ3v) is 2.59. The van der Waals surface area contributed by atoms with Crippen molar-refractivity contribution in [2.75, 3.05) is 0 Å². The van der Waals surface area contributed by atoms with Gasteiger partial charge in [0.1, 0.15) is 0 Å². The standard InChI is InChI=1S/C15H11NO3/c17-15(11-10-12-6-2-1-3-7-12)13-8-4-5-9-14(13)16(18)19/h1-11H/b11-10+. The Bertz CT molecular complexity index is 633. The lowest BCUT2D eigenvalue weighted by molar-refractivity contribution is -0.385. The molecule has 2 rings (SSSR count). The van der Waals surface area contributed by atoms with E-state index in [2.05, 4.69) is 0 Å². The van der Waals surface area contributed by atoms with Crippen molar-refractivity contribution in [1.29, 1.82) is 0 Å². The maximum absolute atomic E-state index is 12.0. The first-order chi connectivity index (χ1) is 9.18. The Labute approximate surface area is 110 Å². The van der Waals surface area contributed by atoms with Crippen molar-refractivity contribution in [3.05, 3.63) is 81.9 Å². The summed E-state index contributed by atoms with van der Waals surface area (Å²) >= 11 is 0. The average Bonchev–Trinajstić information content (AvgIpc) is 2.46. The second-order valence-corrected chi connectivity index (χ2v) is 3.88. The Morgan fingerprint density at radius 3 is 2.32 bits per heavy atom. The van der Waals surface area contributed by atoms with Gasteiger partial charge in [-0.1, -0.05) is 48.5 Å². The molecular weight excluding hydrogens is 242 g/mol. The number of benzene rings is 2. The number of carbonyl (C=O) groups is 1. The molecule has 0 bridgehead atoms. The smallest absolute Gasteiger partial charge is 0.280 e. The minimum Gasteiger partial charge on any atom is -0.289 e. The summed E-state index contributed by atoms with van der Waals surface area (Å²) in [6.45, 7) is 0. The molecule has 0 aliphatic carbocycles. The molecule has 2 aromatic carbocycles. The average molecular weight is 253 g/mol. The highest BCUT2D eigenvalue weighted by atomic mass is 16.6. The van der Waals surface area contributed by atoms with Crippen LogP contribution in [-0.2, 0) is 0 Å². The van der Waals surface area contributed by atoms with E-state index < -0.39 is 4.92 Å². The summed E-state index contributed by atoms with van der Waals surface area (Å²) in [4.78, 5) is 22.2. The van der Waals surface area contributed by atoms with Crippen LogP contribution < -0.4 is 0 Å². The van der Waals surface area contributed by atoms with Crippen molar-refractivity contribution in [3.8, 4) is 0 Å². The largest absolute Gasteiger partial charge is 0.289 e. The van der Waals surface area contributed by atoms with Crippen molar-refractivity contribution < 1.29 is 9.72 Å². The summed E-state index contributed by atoms with van der Waals surface area (Å²) in [5, 5.41) is 10.8. The molecule has 0 aliphatic rings.